The average molecular weight is 345 g/mol. The summed E-state index contributed by atoms with van der Waals surface area (Å²) in [5.74, 6) is 0.876. The lowest BCUT2D eigenvalue weighted by Gasteiger charge is -2.03. The van der Waals surface area contributed by atoms with E-state index >= 15 is 0 Å². The monoisotopic (exact) mass is 344 g/mol. The first-order valence-corrected chi connectivity index (χ1v) is 8.64. The molecular weight excluding hydrogens is 336 g/mol. The molecule has 4 rings (SSSR count). The summed E-state index contributed by atoms with van der Waals surface area (Å²) >= 11 is 9.53. The van der Waals surface area contributed by atoms with E-state index in [-0.39, 0.29) is 5.75 Å². The molecule has 0 amide bonds. The Morgan fingerprint density at radius 3 is 2.73 bits per heavy atom. The summed E-state index contributed by atoms with van der Waals surface area (Å²) in [6, 6.07) is 11.0. The van der Waals surface area contributed by atoms with Gasteiger partial charge in [-0.25, -0.2) is 9.97 Å². The predicted octanol–water partition coefficient (Wildman–Crippen LogP) is 5.45. The zero-order valence-corrected chi connectivity index (χ0v) is 13.5. The van der Waals surface area contributed by atoms with Gasteiger partial charge in [0.25, 0.3) is 0 Å². The quantitative estimate of drug-likeness (QED) is 0.492. The van der Waals surface area contributed by atoms with Crippen molar-refractivity contribution < 1.29 is 5.11 Å². The van der Waals surface area contributed by atoms with Crippen molar-refractivity contribution in [2.24, 2.45) is 0 Å². The molecule has 0 saturated carbocycles. The summed E-state index contributed by atoms with van der Waals surface area (Å²) in [4.78, 5) is 10.9. The molecule has 3 nitrogen and oxygen atoms in total. The van der Waals surface area contributed by atoms with Crippen LogP contribution in [0.1, 0.15) is 0 Å². The third-order valence-corrected chi connectivity index (χ3v) is 5.30. The van der Waals surface area contributed by atoms with Crippen LogP contribution in [-0.4, -0.2) is 15.1 Å². The van der Waals surface area contributed by atoms with Gasteiger partial charge in [0, 0.05) is 10.9 Å². The highest BCUT2D eigenvalue weighted by Gasteiger charge is 2.15. The Morgan fingerprint density at radius 1 is 1.05 bits per heavy atom. The third kappa shape index (κ3) is 2.27. The number of rotatable bonds is 2. The lowest BCUT2D eigenvalue weighted by atomic mass is 10.1. The number of phenols is 1. The van der Waals surface area contributed by atoms with E-state index in [1.807, 2.05) is 35.0 Å². The van der Waals surface area contributed by atoms with Gasteiger partial charge in [-0.2, -0.15) is 0 Å². The van der Waals surface area contributed by atoms with Crippen LogP contribution < -0.4 is 0 Å². The summed E-state index contributed by atoms with van der Waals surface area (Å²) in [5.41, 5.74) is 1.85. The van der Waals surface area contributed by atoms with E-state index in [1.165, 1.54) is 11.3 Å². The van der Waals surface area contributed by atoms with Gasteiger partial charge in [-0.3, -0.25) is 0 Å². The highest BCUT2D eigenvalue weighted by atomic mass is 35.5. The van der Waals surface area contributed by atoms with Gasteiger partial charge in [0.1, 0.15) is 15.7 Å². The Labute approximate surface area is 139 Å². The van der Waals surface area contributed by atoms with E-state index in [0.29, 0.717) is 11.0 Å². The number of thiophene rings is 2. The first kappa shape index (κ1) is 13.7. The fraction of sp³-hybridized carbons (Fsp3) is 0. The second kappa shape index (κ2) is 5.35. The smallest absolute Gasteiger partial charge is 0.172 e. The number of hydrogen-bond acceptors (Lipinski definition) is 5. The SMILES string of the molecule is Oc1cccc(-c2csc3nc(-c4cccs4)nc(Cl)c23)c1. The molecule has 3 aromatic heterocycles. The minimum atomic E-state index is 0.226. The lowest BCUT2D eigenvalue weighted by Crippen LogP contribution is -1.88. The van der Waals surface area contributed by atoms with Crippen molar-refractivity contribution in [3.8, 4) is 27.6 Å². The number of aromatic nitrogens is 2. The van der Waals surface area contributed by atoms with Crippen LogP contribution in [0.2, 0.25) is 5.15 Å². The molecule has 0 bridgehead atoms. The number of halogens is 1. The Bertz CT molecular complexity index is 964. The molecule has 0 radical (unpaired) electrons. The normalized spacial score (nSPS) is 11.1. The van der Waals surface area contributed by atoms with Gasteiger partial charge < -0.3 is 5.11 Å². The number of benzene rings is 1. The summed E-state index contributed by atoms with van der Waals surface area (Å²) < 4.78 is 0. The molecule has 0 aliphatic rings. The zero-order chi connectivity index (χ0) is 15.1. The topological polar surface area (TPSA) is 46.0 Å². The van der Waals surface area contributed by atoms with Crippen LogP contribution in [0.3, 0.4) is 0 Å². The summed E-state index contributed by atoms with van der Waals surface area (Å²) in [6.07, 6.45) is 0. The minimum Gasteiger partial charge on any atom is -0.508 e. The van der Waals surface area contributed by atoms with E-state index in [2.05, 4.69) is 9.97 Å². The first-order chi connectivity index (χ1) is 10.7. The third-order valence-electron chi connectivity index (χ3n) is 3.29. The molecule has 0 saturated heterocycles. The maximum atomic E-state index is 9.66. The van der Waals surface area contributed by atoms with Gasteiger partial charge in [-0.15, -0.1) is 22.7 Å². The molecule has 0 aliphatic heterocycles. The van der Waals surface area contributed by atoms with Crippen LogP contribution in [0, 0.1) is 0 Å². The number of hydrogen-bond donors (Lipinski definition) is 1. The Kier molecular flexibility index (Phi) is 3.33. The molecule has 3 heterocycles. The van der Waals surface area contributed by atoms with Crippen LogP contribution in [0.15, 0.2) is 47.2 Å². The zero-order valence-electron chi connectivity index (χ0n) is 11.2. The van der Waals surface area contributed by atoms with Crippen molar-refractivity contribution in [1.29, 1.82) is 0 Å². The van der Waals surface area contributed by atoms with Gasteiger partial charge >= 0.3 is 0 Å². The van der Waals surface area contributed by atoms with Crippen molar-refractivity contribution in [2.45, 2.75) is 0 Å². The van der Waals surface area contributed by atoms with E-state index in [1.54, 1.807) is 23.5 Å². The van der Waals surface area contributed by atoms with Crippen molar-refractivity contribution in [3.63, 3.8) is 0 Å². The van der Waals surface area contributed by atoms with Crippen LogP contribution >= 0.6 is 34.3 Å². The number of nitrogens with zero attached hydrogens (tertiary/aromatic N) is 2. The molecule has 6 heteroatoms. The Balaban J connectivity index is 1.93. The van der Waals surface area contributed by atoms with E-state index in [9.17, 15) is 5.11 Å². The second-order valence-electron chi connectivity index (χ2n) is 4.70. The van der Waals surface area contributed by atoms with E-state index in [0.717, 1.165) is 26.2 Å². The summed E-state index contributed by atoms with van der Waals surface area (Å²) in [6.45, 7) is 0. The fourth-order valence-electron chi connectivity index (χ4n) is 2.30. The standard InChI is InChI=1S/C16H9ClN2OS2/c17-14-13-11(9-3-1-4-10(20)7-9)8-22-16(13)19-15(18-14)12-5-2-6-21-12/h1-8,20H. The van der Waals surface area contributed by atoms with Gasteiger partial charge in [0.15, 0.2) is 5.82 Å². The predicted molar refractivity (Wildman–Crippen MR) is 92.8 cm³/mol. The minimum absolute atomic E-state index is 0.226. The maximum Gasteiger partial charge on any atom is 0.172 e. The van der Waals surface area contributed by atoms with Gasteiger partial charge in [0.05, 0.1) is 10.3 Å². The van der Waals surface area contributed by atoms with Crippen molar-refractivity contribution in [3.05, 3.63) is 52.3 Å². The van der Waals surface area contributed by atoms with Crippen molar-refractivity contribution >= 4 is 44.5 Å². The van der Waals surface area contributed by atoms with Crippen molar-refractivity contribution in [1.82, 2.24) is 9.97 Å². The highest BCUT2D eigenvalue weighted by molar-refractivity contribution is 7.17. The molecule has 108 valence electrons. The highest BCUT2D eigenvalue weighted by Crippen LogP contribution is 2.38. The Hall–Kier alpha value is -1.95. The lowest BCUT2D eigenvalue weighted by molar-refractivity contribution is 0.475. The molecular formula is C16H9ClN2OS2. The molecule has 0 aliphatic carbocycles. The van der Waals surface area contributed by atoms with Gasteiger partial charge in [0.2, 0.25) is 0 Å². The van der Waals surface area contributed by atoms with Gasteiger partial charge in [-0.1, -0.05) is 29.8 Å². The van der Waals surface area contributed by atoms with Crippen LogP contribution in [0.5, 0.6) is 5.75 Å². The fourth-order valence-corrected chi connectivity index (χ4v) is 4.23. The van der Waals surface area contributed by atoms with Gasteiger partial charge in [-0.05, 0) is 29.1 Å². The molecule has 0 fully saturated rings. The van der Waals surface area contributed by atoms with E-state index < -0.39 is 0 Å². The number of phenolic OH excluding ortho intramolecular Hbond substituents is 1. The molecule has 22 heavy (non-hydrogen) atoms. The van der Waals surface area contributed by atoms with Crippen molar-refractivity contribution in [2.75, 3.05) is 0 Å². The first-order valence-electron chi connectivity index (χ1n) is 6.50. The molecule has 0 spiro atoms. The maximum absolute atomic E-state index is 9.66. The second-order valence-corrected chi connectivity index (χ2v) is 6.86. The molecule has 0 atom stereocenters. The molecule has 1 N–H and O–H groups in total. The van der Waals surface area contributed by atoms with Crippen LogP contribution in [0.25, 0.3) is 32.0 Å². The number of aromatic hydroxyl groups is 1. The molecule has 0 unspecified atom stereocenters. The van der Waals surface area contributed by atoms with E-state index in [4.69, 9.17) is 11.6 Å². The van der Waals surface area contributed by atoms with Crippen LogP contribution in [-0.2, 0) is 0 Å². The summed E-state index contributed by atoms with van der Waals surface area (Å²) in [7, 11) is 0. The number of fused-ring (bicyclic) bond motifs is 1. The largest absolute Gasteiger partial charge is 0.508 e. The van der Waals surface area contributed by atoms with Crippen LogP contribution in [0.4, 0.5) is 0 Å². The molecule has 4 aromatic rings. The molecule has 1 aromatic carbocycles. The summed E-state index contributed by atoms with van der Waals surface area (Å²) in [5, 5.41) is 14.9. The average Bonchev–Trinajstić information content (AvgIpc) is 3.17. The Morgan fingerprint density at radius 2 is 1.95 bits per heavy atom.